The van der Waals surface area contributed by atoms with Crippen LogP contribution < -0.4 is 15.4 Å². The van der Waals surface area contributed by atoms with Crippen molar-refractivity contribution in [1.29, 1.82) is 0 Å². The van der Waals surface area contributed by atoms with Crippen molar-refractivity contribution in [1.82, 2.24) is 4.98 Å². The van der Waals surface area contributed by atoms with E-state index >= 15 is 4.39 Å². The maximum atomic E-state index is 15.1. The molecule has 5 rings (SSSR count). The summed E-state index contributed by atoms with van der Waals surface area (Å²) in [6, 6.07) is 26.4. The van der Waals surface area contributed by atoms with E-state index < -0.39 is 0 Å². The minimum Gasteiger partial charge on any atom is -0.495 e. The fourth-order valence-electron chi connectivity index (χ4n) is 4.23. The zero-order valence-electron chi connectivity index (χ0n) is 20.8. The van der Waals surface area contributed by atoms with Gasteiger partial charge in [-0.3, -0.25) is 9.78 Å². The first-order valence-corrected chi connectivity index (χ1v) is 12.9. The lowest BCUT2D eigenvalue weighted by Crippen LogP contribution is -2.15. The topological polar surface area (TPSA) is 63.2 Å². The highest BCUT2D eigenvalue weighted by Gasteiger charge is 2.13. The van der Waals surface area contributed by atoms with E-state index in [1.807, 2.05) is 36.4 Å². The van der Waals surface area contributed by atoms with E-state index in [0.29, 0.717) is 34.8 Å². The molecule has 2 aromatic heterocycles. The van der Waals surface area contributed by atoms with Crippen LogP contribution in [-0.4, -0.2) is 18.0 Å². The van der Waals surface area contributed by atoms with Crippen LogP contribution in [0.5, 0.6) is 5.75 Å². The summed E-state index contributed by atoms with van der Waals surface area (Å²) in [7, 11) is 1.55. The van der Waals surface area contributed by atoms with E-state index in [9.17, 15) is 4.79 Å². The van der Waals surface area contributed by atoms with E-state index in [1.165, 1.54) is 6.07 Å². The molecule has 0 aliphatic carbocycles. The maximum Gasteiger partial charge on any atom is 0.230 e. The van der Waals surface area contributed by atoms with Crippen LogP contribution >= 0.6 is 11.3 Å². The summed E-state index contributed by atoms with van der Waals surface area (Å²) in [5.74, 6) is -0.00918. The molecule has 2 N–H and O–H groups in total. The highest BCUT2D eigenvalue weighted by Crippen LogP contribution is 2.35. The molecule has 0 bridgehead atoms. The molecule has 0 aliphatic rings. The van der Waals surface area contributed by atoms with Gasteiger partial charge in [0.1, 0.15) is 11.6 Å². The third-order valence-corrected chi connectivity index (χ3v) is 7.31. The second-order valence-electron chi connectivity index (χ2n) is 8.80. The predicted octanol–water partition coefficient (Wildman–Crippen LogP) is 7.66. The molecule has 0 unspecified atom stereocenters. The van der Waals surface area contributed by atoms with Crippen LogP contribution in [-0.2, 0) is 11.2 Å². The van der Waals surface area contributed by atoms with Crippen molar-refractivity contribution >= 4 is 38.8 Å². The normalized spacial score (nSPS) is 10.8. The lowest BCUT2D eigenvalue weighted by molar-refractivity contribution is -0.115. The van der Waals surface area contributed by atoms with E-state index in [0.717, 1.165) is 26.2 Å². The molecule has 0 fully saturated rings. The highest BCUT2D eigenvalue weighted by molar-refractivity contribution is 7.22. The van der Waals surface area contributed by atoms with Gasteiger partial charge in [0.25, 0.3) is 0 Å². The zero-order valence-corrected chi connectivity index (χ0v) is 21.6. The third kappa shape index (κ3) is 5.74. The van der Waals surface area contributed by atoms with Gasteiger partial charge in [-0.15, -0.1) is 11.3 Å². The van der Waals surface area contributed by atoms with Gasteiger partial charge in [0.05, 0.1) is 29.4 Å². The molecule has 0 radical (unpaired) electrons. The number of fused-ring (bicyclic) bond motifs is 1. The lowest BCUT2D eigenvalue weighted by atomic mass is 10.0. The Morgan fingerprint density at radius 2 is 1.76 bits per heavy atom. The maximum absolute atomic E-state index is 15.1. The number of ether oxygens (including phenoxy) is 1. The molecule has 0 spiro atoms. The number of nitrogens with one attached hydrogen (secondary N) is 2. The van der Waals surface area contributed by atoms with Gasteiger partial charge in [-0.25, -0.2) is 4.39 Å². The summed E-state index contributed by atoms with van der Waals surface area (Å²) in [6.45, 7) is 3.92. The summed E-state index contributed by atoms with van der Waals surface area (Å²) in [6.07, 6.45) is 2.24. The molecule has 0 aliphatic heterocycles. The molecule has 0 saturated heterocycles. The van der Waals surface area contributed by atoms with Gasteiger partial charge in [-0.1, -0.05) is 55.1 Å². The highest BCUT2D eigenvalue weighted by atomic mass is 32.1. The average Bonchev–Trinajstić information content (AvgIpc) is 3.36. The number of carbonyl (C=O) groups is 1. The Morgan fingerprint density at radius 1 is 0.974 bits per heavy atom. The molecule has 5 nitrogen and oxygen atoms in total. The number of hydrogen-bond donors (Lipinski definition) is 2. The van der Waals surface area contributed by atoms with Crippen LogP contribution in [0, 0.1) is 5.82 Å². The summed E-state index contributed by atoms with van der Waals surface area (Å²) < 4.78 is 21.4. The molecule has 190 valence electrons. The second-order valence-corrected chi connectivity index (χ2v) is 9.85. The van der Waals surface area contributed by atoms with Gasteiger partial charge in [-0.2, -0.15) is 0 Å². The minimum atomic E-state index is -0.328. The number of methoxy groups -OCH3 is 1. The van der Waals surface area contributed by atoms with Crippen LogP contribution in [0.1, 0.15) is 17.5 Å². The minimum absolute atomic E-state index is 0.0263. The molecule has 7 heteroatoms. The van der Waals surface area contributed by atoms with Crippen LogP contribution in [0.3, 0.4) is 0 Å². The van der Waals surface area contributed by atoms with Crippen LogP contribution in [0.2, 0.25) is 0 Å². The number of nitrogens with zero attached hydrogens (tertiary/aromatic N) is 1. The third-order valence-electron chi connectivity index (χ3n) is 6.06. The zero-order chi connectivity index (χ0) is 26.5. The van der Waals surface area contributed by atoms with E-state index in [1.54, 1.807) is 48.9 Å². The predicted molar refractivity (Wildman–Crippen MR) is 153 cm³/mol. The molecule has 5 aromatic rings. The number of carbonyl (C=O) groups excluding carboxylic acids is 1. The van der Waals surface area contributed by atoms with Gasteiger partial charge < -0.3 is 15.4 Å². The second kappa shape index (κ2) is 11.3. The first-order valence-electron chi connectivity index (χ1n) is 12.1. The molecule has 1 amide bonds. The number of para-hydroxylation sites is 2. The van der Waals surface area contributed by atoms with Crippen molar-refractivity contribution < 1.29 is 13.9 Å². The molecular formula is C31H26FN3O2S. The lowest BCUT2D eigenvalue weighted by Gasteiger charge is -2.13. The average molecular weight is 524 g/mol. The number of aromatic nitrogens is 1. The molecule has 2 heterocycles. The summed E-state index contributed by atoms with van der Waals surface area (Å²) in [5.41, 5.74) is 5.22. The number of thiophene rings is 1. The molecule has 0 atom stereocenters. The van der Waals surface area contributed by atoms with Crippen molar-refractivity contribution in [3.8, 4) is 16.2 Å². The number of halogens is 1. The monoisotopic (exact) mass is 523 g/mol. The Balaban J connectivity index is 1.25. The molecule has 38 heavy (non-hydrogen) atoms. The smallest absolute Gasteiger partial charge is 0.230 e. The van der Waals surface area contributed by atoms with Gasteiger partial charge in [0.2, 0.25) is 5.91 Å². The molecular weight excluding hydrogens is 497 g/mol. The van der Waals surface area contributed by atoms with Gasteiger partial charge in [0.15, 0.2) is 0 Å². The van der Waals surface area contributed by atoms with Gasteiger partial charge in [0, 0.05) is 28.9 Å². The summed E-state index contributed by atoms with van der Waals surface area (Å²) in [4.78, 5) is 18.1. The standard InChI is InChI=1S/C31H26FN3O2S/c1-20(16-30(36)35-26-10-6-7-11-28(26)37-2)34-24-13-12-22(25(32)18-24)17-23-14-15-33-27-19-29(38-31(23)27)21-8-4-3-5-9-21/h3-15,18-19,34H,1,16-17H2,2H3,(H,35,36). The Morgan fingerprint density at radius 3 is 2.55 bits per heavy atom. The Hall–Kier alpha value is -4.49. The van der Waals surface area contributed by atoms with Gasteiger partial charge >= 0.3 is 0 Å². The number of pyridine rings is 1. The fraction of sp³-hybridized carbons (Fsp3) is 0.0968. The van der Waals surface area contributed by atoms with E-state index in [2.05, 4.69) is 40.4 Å². The van der Waals surface area contributed by atoms with Crippen molar-refractivity contribution in [3.05, 3.63) is 120 Å². The first-order chi connectivity index (χ1) is 18.5. The van der Waals surface area contributed by atoms with Gasteiger partial charge in [-0.05, 0) is 53.1 Å². The Kier molecular flexibility index (Phi) is 7.47. The van der Waals surface area contributed by atoms with E-state index in [-0.39, 0.29) is 18.1 Å². The SMILES string of the molecule is C=C(CC(=O)Nc1ccccc1OC)Nc1ccc(Cc2ccnc3cc(-c4ccccc4)sc23)c(F)c1. The van der Waals surface area contributed by atoms with Crippen LogP contribution in [0.4, 0.5) is 15.8 Å². The largest absolute Gasteiger partial charge is 0.495 e. The Labute approximate surface area is 224 Å². The molecule has 0 saturated carbocycles. The first kappa shape index (κ1) is 25.2. The number of rotatable bonds is 9. The van der Waals surface area contributed by atoms with Crippen molar-refractivity contribution in [3.63, 3.8) is 0 Å². The number of anilines is 2. The summed E-state index contributed by atoms with van der Waals surface area (Å²) >= 11 is 1.67. The van der Waals surface area contributed by atoms with Crippen molar-refractivity contribution in [2.75, 3.05) is 17.7 Å². The quantitative estimate of drug-likeness (QED) is 0.208. The number of hydrogen-bond acceptors (Lipinski definition) is 5. The van der Waals surface area contributed by atoms with Crippen molar-refractivity contribution in [2.45, 2.75) is 12.8 Å². The van der Waals surface area contributed by atoms with E-state index in [4.69, 9.17) is 4.74 Å². The van der Waals surface area contributed by atoms with Crippen LogP contribution in [0.25, 0.3) is 20.7 Å². The Bertz CT molecular complexity index is 1610. The fourth-order valence-corrected chi connectivity index (χ4v) is 5.36. The molecule has 3 aromatic carbocycles. The number of benzene rings is 3. The van der Waals surface area contributed by atoms with Crippen LogP contribution in [0.15, 0.2) is 103 Å². The number of amides is 1. The summed E-state index contributed by atoms with van der Waals surface area (Å²) in [5, 5.41) is 5.85. The van der Waals surface area contributed by atoms with Crippen molar-refractivity contribution in [2.24, 2.45) is 0 Å².